The molecule has 2 N–H and O–H groups in total. The van der Waals surface area contributed by atoms with E-state index < -0.39 is 22.7 Å². The van der Waals surface area contributed by atoms with Crippen LogP contribution in [0.15, 0.2) is 27.6 Å². The number of aliphatic hydroxyl groups is 2. The Balaban J connectivity index is 1.55. The number of ether oxygens (including phenoxy) is 1. The molecule has 0 saturated heterocycles. The first kappa shape index (κ1) is 22.1. The first-order valence-corrected chi connectivity index (χ1v) is 12.2. The van der Waals surface area contributed by atoms with Crippen molar-refractivity contribution in [1.82, 2.24) is 0 Å². The van der Waals surface area contributed by atoms with Crippen LogP contribution in [0.1, 0.15) is 83.6 Å². The van der Waals surface area contributed by atoms with E-state index in [9.17, 15) is 19.8 Å². The third kappa shape index (κ3) is 3.05. The van der Waals surface area contributed by atoms with Crippen LogP contribution in [0.25, 0.3) is 0 Å². The summed E-state index contributed by atoms with van der Waals surface area (Å²) in [5.74, 6) is 0.469. The van der Waals surface area contributed by atoms with E-state index in [0.29, 0.717) is 18.3 Å². The second kappa shape index (κ2) is 7.42. The topological polar surface area (TPSA) is 97.0 Å². The van der Waals surface area contributed by atoms with E-state index in [1.807, 2.05) is 0 Å². The average molecular weight is 445 g/mol. The lowest BCUT2D eigenvalue weighted by atomic mass is 9.43. The summed E-state index contributed by atoms with van der Waals surface area (Å²) in [4.78, 5) is 23.6. The van der Waals surface area contributed by atoms with Crippen molar-refractivity contribution in [1.29, 1.82) is 0 Å². The van der Waals surface area contributed by atoms with Crippen molar-refractivity contribution in [2.45, 2.75) is 95.9 Å². The number of fused-ring (bicyclic) bond motifs is 5. The summed E-state index contributed by atoms with van der Waals surface area (Å²) in [6.07, 6.45) is 7.78. The molecule has 6 heteroatoms. The maximum atomic E-state index is 12.5. The van der Waals surface area contributed by atoms with Gasteiger partial charge in [-0.15, -0.1) is 0 Å². The first-order valence-electron chi connectivity index (χ1n) is 12.2. The fourth-order valence-corrected chi connectivity index (χ4v) is 8.67. The zero-order chi connectivity index (χ0) is 22.9. The standard InChI is InChI=1S/C26H36O6/c1-15(27)32-21-13-26(30)20-6-5-17-12-18(28)8-10-24(17,2)19(20)9-11-25(26,3)23(21)16-4-7-22(29)31-14-16/h4,7,14,17-21,23,28,30H,5-6,8-13H2,1-3H3/t17-,18+,19?,20?,21+,23?,24+,25-,26+/m1/s1. The van der Waals surface area contributed by atoms with Gasteiger partial charge in [-0.1, -0.05) is 13.8 Å². The summed E-state index contributed by atoms with van der Waals surface area (Å²) in [5, 5.41) is 22.7. The van der Waals surface area contributed by atoms with Crippen LogP contribution < -0.4 is 5.63 Å². The highest BCUT2D eigenvalue weighted by atomic mass is 16.5. The van der Waals surface area contributed by atoms with E-state index >= 15 is 0 Å². The van der Waals surface area contributed by atoms with Gasteiger partial charge in [-0.3, -0.25) is 4.79 Å². The molecule has 1 aromatic rings. The van der Waals surface area contributed by atoms with Crippen molar-refractivity contribution in [2.75, 3.05) is 0 Å². The van der Waals surface area contributed by atoms with E-state index in [4.69, 9.17) is 9.15 Å². The highest BCUT2D eigenvalue weighted by Gasteiger charge is 2.70. The molecule has 4 fully saturated rings. The molecule has 0 radical (unpaired) electrons. The quantitative estimate of drug-likeness (QED) is 0.674. The smallest absolute Gasteiger partial charge is 0.335 e. The lowest BCUT2D eigenvalue weighted by molar-refractivity contribution is -0.205. The van der Waals surface area contributed by atoms with E-state index in [-0.39, 0.29) is 29.3 Å². The molecule has 176 valence electrons. The first-order chi connectivity index (χ1) is 15.1. The lowest BCUT2D eigenvalue weighted by Crippen LogP contribution is -2.62. The van der Waals surface area contributed by atoms with Gasteiger partial charge in [-0.25, -0.2) is 4.79 Å². The number of aliphatic hydroxyl groups excluding tert-OH is 1. The van der Waals surface area contributed by atoms with Crippen LogP contribution in [-0.4, -0.2) is 34.0 Å². The molecule has 1 aromatic heterocycles. The third-order valence-corrected chi connectivity index (χ3v) is 10.2. The molecule has 0 spiro atoms. The zero-order valence-corrected chi connectivity index (χ0v) is 19.4. The van der Waals surface area contributed by atoms with Crippen LogP contribution in [0.4, 0.5) is 0 Å². The van der Waals surface area contributed by atoms with Crippen LogP contribution in [0.3, 0.4) is 0 Å². The Hall–Kier alpha value is -1.66. The number of esters is 1. The van der Waals surface area contributed by atoms with Crippen molar-refractivity contribution in [2.24, 2.45) is 28.6 Å². The van der Waals surface area contributed by atoms with Crippen molar-refractivity contribution in [3.8, 4) is 0 Å². The Morgan fingerprint density at radius 3 is 2.59 bits per heavy atom. The molecule has 4 aliphatic rings. The van der Waals surface area contributed by atoms with Gasteiger partial charge in [0.1, 0.15) is 6.10 Å². The van der Waals surface area contributed by atoms with Gasteiger partial charge in [0.15, 0.2) is 0 Å². The molecule has 0 amide bonds. The minimum Gasteiger partial charge on any atom is -0.462 e. The van der Waals surface area contributed by atoms with Crippen LogP contribution in [0.2, 0.25) is 0 Å². The molecule has 1 heterocycles. The van der Waals surface area contributed by atoms with Crippen molar-refractivity contribution >= 4 is 5.97 Å². The van der Waals surface area contributed by atoms with Gasteiger partial charge in [0.05, 0.1) is 18.0 Å². The van der Waals surface area contributed by atoms with Crippen molar-refractivity contribution in [3.05, 3.63) is 34.4 Å². The van der Waals surface area contributed by atoms with Crippen molar-refractivity contribution < 1.29 is 24.2 Å². The molecule has 4 saturated carbocycles. The van der Waals surface area contributed by atoms with E-state index in [1.165, 1.54) is 19.3 Å². The maximum absolute atomic E-state index is 12.5. The van der Waals surface area contributed by atoms with Gasteiger partial charge in [-0.2, -0.15) is 0 Å². The zero-order valence-electron chi connectivity index (χ0n) is 19.4. The summed E-state index contributed by atoms with van der Waals surface area (Å²) in [7, 11) is 0. The minimum atomic E-state index is -0.957. The normalized spacial score (nSPS) is 47.8. The lowest BCUT2D eigenvalue weighted by Gasteiger charge is -2.63. The molecule has 4 aliphatic carbocycles. The van der Waals surface area contributed by atoms with Gasteiger partial charge >= 0.3 is 11.6 Å². The molecular weight excluding hydrogens is 408 g/mol. The number of hydrogen-bond acceptors (Lipinski definition) is 6. The summed E-state index contributed by atoms with van der Waals surface area (Å²) in [5.41, 5.74) is -0.903. The minimum absolute atomic E-state index is 0.133. The van der Waals surface area contributed by atoms with Gasteiger partial charge in [-0.05, 0) is 79.7 Å². The Morgan fingerprint density at radius 1 is 1.12 bits per heavy atom. The van der Waals surface area contributed by atoms with Crippen LogP contribution in [0.5, 0.6) is 0 Å². The number of carbonyl (C=O) groups is 1. The molecule has 0 aromatic carbocycles. The van der Waals surface area contributed by atoms with Crippen molar-refractivity contribution in [3.63, 3.8) is 0 Å². The van der Waals surface area contributed by atoms with E-state index in [2.05, 4.69) is 13.8 Å². The molecule has 6 nitrogen and oxygen atoms in total. The largest absolute Gasteiger partial charge is 0.462 e. The predicted molar refractivity (Wildman–Crippen MR) is 118 cm³/mol. The SMILES string of the molecule is CC(=O)O[C@H]1C[C@]2(O)C3CC[C@@H]4C[C@@H](O)CC[C@]4(C)C3CC[C@]2(C)C1c1ccc(=O)oc1. The molecule has 0 aliphatic heterocycles. The highest BCUT2D eigenvalue weighted by Crippen LogP contribution is 2.70. The number of hydrogen-bond donors (Lipinski definition) is 2. The van der Waals surface area contributed by atoms with Gasteiger partial charge < -0.3 is 19.4 Å². The maximum Gasteiger partial charge on any atom is 0.335 e. The monoisotopic (exact) mass is 444 g/mol. The fourth-order valence-electron chi connectivity index (χ4n) is 8.67. The molecule has 0 bridgehead atoms. The van der Waals surface area contributed by atoms with Gasteiger partial charge in [0.25, 0.3) is 0 Å². The molecule has 32 heavy (non-hydrogen) atoms. The molecular formula is C26H36O6. The molecule has 3 unspecified atom stereocenters. The third-order valence-electron chi connectivity index (χ3n) is 10.2. The van der Waals surface area contributed by atoms with Crippen LogP contribution >= 0.6 is 0 Å². The van der Waals surface area contributed by atoms with Crippen LogP contribution in [-0.2, 0) is 9.53 Å². The summed E-state index contributed by atoms with van der Waals surface area (Å²) in [6.45, 7) is 5.94. The van der Waals surface area contributed by atoms with E-state index in [1.54, 1.807) is 6.07 Å². The summed E-state index contributed by atoms with van der Waals surface area (Å²) < 4.78 is 11.0. The Kier molecular flexibility index (Phi) is 5.14. The van der Waals surface area contributed by atoms with E-state index in [0.717, 1.165) is 50.5 Å². The second-order valence-electron chi connectivity index (χ2n) is 11.5. The molecule has 9 atom stereocenters. The Morgan fingerprint density at radius 2 is 1.91 bits per heavy atom. The highest BCUT2D eigenvalue weighted by molar-refractivity contribution is 5.66. The fraction of sp³-hybridized carbons (Fsp3) is 0.769. The van der Waals surface area contributed by atoms with Gasteiger partial charge in [0.2, 0.25) is 0 Å². The second-order valence-corrected chi connectivity index (χ2v) is 11.5. The number of rotatable bonds is 2. The number of carbonyl (C=O) groups excluding carboxylic acids is 1. The molecule has 5 rings (SSSR count). The van der Waals surface area contributed by atoms with Crippen LogP contribution in [0, 0.1) is 28.6 Å². The summed E-state index contributed by atoms with van der Waals surface area (Å²) >= 11 is 0. The summed E-state index contributed by atoms with van der Waals surface area (Å²) in [6, 6.07) is 3.17. The Bertz CT molecular complexity index is 935. The average Bonchev–Trinajstić information content (AvgIpc) is 2.95. The Labute approximate surface area is 189 Å². The van der Waals surface area contributed by atoms with Gasteiger partial charge in [0, 0.05) is 30.7 Å². The predicted octanol–water partition coefficient (Wildman–Crippen LogP) is 3.78.